The van der Waals surface area contributed by atoms with Gasteiger partial charge in [0.15, 0.2) is 0 Å². The van der Waals surface area contributed by atoms with E-state index in [4.69, 9.17) is 10.5 Å². The molecule has 0 aliphatic carbocycles. The highest BCUT2D eigenvalue weighted by atomic mass is 16.5. The summed E-state index contributed by atoms with van der Waals surface area (Å²) in [7, 11) is 0. The normalized spacial score (nSPS) is 15.1. The van der Waals surface area contributed by atoms with Gasteiger partial charge in [0, 0.05) is 42.8 Å². The van der Waals surface area contributed by atoms with Crippen LogP contribution in [0, 0.1) is 0 Å². The Morgan fingerprint density at radius 3 is 2.89 bits per heavy atom. The number of nitrogens with one attached hydrogen (secondary N) is 1. The number of morpholine rings is 1. The van der Waals surface area contributed by atoms with Gasteiger partial charge in [-0.05, 0) is 36.4 Å². The predicted octanol–water partition coefficient (Wildman–Crippen LogP) is 1.67. The molecule has 1 amide bonds. The molecule has 0 bridgehead atoms. The summed E-state index contributed by atoms with van der Waals surface area (Å²) in [6, 6.07) is 13.1. The second kappa shape index (κ2) is 7.77. The van der Waals surface area contributed by atoms with Crippen molar-refractivity contribution in [3.05, 3.63) is 54.2 Å². The molecule has 27 heavy (non-hydrogen) atoms. The first-order valence-corrected chi connectivity index (χ1v) is 9.13. The number of nitrogen functional groups attached to an aromatic ring is 1. The van der Waals surface area contributed by atoms with Crippen molar-refractivity contribution in [1.82, 2.24) is 20.0 Å². The highest BCUT2D eigenvalue weighted by molar-refractivity contribution is 5.95. The molecule has 1 aromatic heterocycles. The molecule has 0 radical (unpaired) electrons. The van der Waals surface area contributed by atoms with Crippen LogP contribution in [0.2, 0.25) is 0 Å². The molecular formula is C20H23N5O2. The lowest BCUT2D eigenvalue weighted by Crippen LogP contribution is -2.41. The highest BCUT2D eigenvalue weighted by Gasteiger charge is 2.12. The third kappa shape index (κ3) is 3.94. The van der Waals surface area contributed by atoms with Gasteiger partial charge in [0.2, 0.25) is 0 Å². The minimum atomic E-state index is -0.0823. The minimum absolute atomic E-state index is 0.0823. The Labute approximate surface area is 157 Å². The molecule has 3 aromatic rings. The number of amides is 1. The van der Waals surface area contributed by atoms with E-state index in [9.17, 15) is 4.79 Å². The van der Waals surface area contributed by atoms with Crippen LogP contribution in [-0.2, 0) is 4.74 Å². The third-order valence-corrected chi connectivity index (χ3v) is 4.77. The Balaban J connectivity index is 1.46. The molecule has 7 heteroatoms. The van der Waals surface area contributed by atoms with Gasteiger partial charge in [0.1, 0.15) is 0 Å². The van der Waals surface area contributed by atoms with E-state index >= 15 is 0 Å². The average Bonchev–Trinajstić information content (AvgIpc) is 3.12. The third-order valence-electron chi connectivity index (χ3n) is 4.77. The number of carbonyl (C=O) groups is 1. The van der Waals surface area contributed by atoms with Crippen molar-refractivity contribution < 1.29 is 9.53 Å². The SMILES string of the molecule is Nc1ccc2cnn(-c3cccc(C(=O)NCCN4CCOCC4)c3)c2c1. The first kappa shape index (κ1) is 17.5. The number of nitrogens with zero attached hydrogens (tertiary/aromatic N) is 3. The van der Waals surface area contributed by atoms with Gasteiger partial charge in [0.25, 0.3) is 5.91 Å². The van der Waals surface area contributed by atoms with E-state index in [0.29, 0.717) is 17.8 Å². The summed E-state index contributed by atoms with van der Waals surface area (Å²) in [5.41, 5.74) is 8.95. The van der Waals surface area contributed by atoms with Crippen molar-refractivity contribution in [2.24, 2.45) is 0 Å². The Bertz CT molecular complexity index is 946. The van der Waals surface area contributed by atoms with Crippen LogP contribution < -0.4 is 11.1 Å². The number of benzene rings is 2. The maximum absolute atomic E-state index is 12.5. The van der Waals surface area contributed by atoms with E-state index in [1.165, 1.54) is 0 Å². The van der Waals surface area contributed by atoms with Crippen molar-refractivity contribution in [2.75, 3.05) is 45.1 Å². The number of aromatic nitrogens is 2. The molecule has 7 nitrogen and oxygen atoms in total. The lowest BCUT2D eigenvalue weighted by molar-refractivity contribution is 0.0383. The second-order valence-electron chi connectivity index (χ2n) is 6.63. The van der Waals surface area contributed by atoms with E-state index < -0.39 is 0 Å². The van der Waals surface area contributed by atoms with Crippen LogP contribution in [0.25, 0.3) is 16.6 Å². The van der Waals surface area contributed by atoms with Gasteiger partial charge < -0.3 is 15.8 Å². The van der Waals surface area contributed by atoms with E-state index in [2.05, 4.69) is 15.3 Å². The van der Waals surface area contributed by atoms with Gasteiger partial charge >= 0.3 is 0 Å². The van der Waals surface area contributed by atoms with Crippen molar-refractivity contribution in [1.29, 1.82) is 0 Å². The quantitative estimate of drug-likeness (QED) is 0.672. The number of anilines is 1. The molecule has 3 N–H and O–H groups in total. The largest absolute Gasteiger partial charge is 0.399 e. The smallest absolute Gasteiger partial charge is 0.251 e. The summed E-state index contributed by atoms with van der Waals surface area (Å²) in [5, 5.41) is 8.44. The van der Waals surface area contributed by atoms with Gasteiger partial charge in [0.05, 0.1) is 30.6 Å². The van der Waals surface area contributed by atoms with E-state index in [1.807, 2.05) is 42.5 Å². The Morgan fingerprint density at radius 2 is 2.04 bits per heavy atom. The summed E-state index contributed by atoms with van der Waals surface area (Å²) in [4.78, 5) is 14.8. The molecule has 4 rings (SSSR count). The predicted molar refractivity (Wildman–Crippen MR) is 105 cm³/mol. The molecular weight excluding hydrogens is 342 g/mol. The standard InChI is InChI=1S/C20H23N5O2/c21-17-5-4-16-14-23-25(19(16)13-17)18-3-1-2-15(12-18)20(26)22-6-7-24-8-10-27-11-9-24/h1-5,12-14H,6-11,21H2,(H,22,26). The summed E-state index contributed by atoms with van der Waals surface area (Å²) in [5.74, 6) is -0.0823. The summed E-state index contributed by atoms with van der Waals surface area (Å²) in [6.07, 6.45) is 1.80. The second-order valence-corrected chi connectivity index (χ2v) is 6.63. The van der Waals surface area contributed by atoms with E-state index in [-0.39, 0.29) is 5.91 Å². The van der Waals surface area contributed by atoms with Gasteiger partial charge in [-0.3, -0.25) is 9.69 Å². The number of fused-ring (bicyclic) bond motifs is 1. The summed E-state index contributed by atoms with van der Waals surface area (Å²) in [6.45, 7) is 4.81. The maximum Gasteiger partial charge on any atom is 0.251 e. The number of hydrogen-bond acceptors (Lipinski definition) is 5. The highest BCUT2D eigenvalue weighted by Crippen LogP contribution is 2.21. The van der Waals surface area contributed by atoms with Crippen LogP contribution >= 0.6 is 0 Å². The van der Waals surface area contributed by atoms with Crippen molar-refractivity contribution in [3.63, 3.8) is 0 Å². The zero-order valence-electron chi connectivity index (χ0n) is 15.1. The molecule has 1 fully saturated rings. The fourth-order valence-electron chi connectivity index (χ4n) is 3.27. The van der Waals surface area contributed by atoms with Crippen LogP contribution in [0.4, 0.5) is 5.69 Å². The maximum atomic E-state index is 12.5. The molecule has 1 saturated heterocycles. The van der Waals surface area contributed by atoms with Gasteiger partial charge in [-0.2, -0.15) is 5.10 Å². The van der Waals surface area contributed by atoms with Crippen LogP contribution in [0.3, 0.4) is 0 Å². The zero-order valence-corrected chi connectivity index (χ0v) is 15.1. The van der Waals surface area contributed by atoms with Gasteiger partial charge in [-0.25, -0.2) is 4.68 Å². The lowest BCUT2D eigenvalue weighted by Gasteiger charge is -2.26. The van der Waals surface area contributed by atoms with Gasteiger partial charge in [-0.1, -0.05) is 6.07 Å². The zero-order chi connectivity index (χ0) is 18.6. The van der Waals surface area contributed by atoms with Crippen LogP contribution in [-0.4, -0.2) is 60.0 Å². The Kier molecular flexibility index (Phi) is 5.04. The van der Waals surface area contributed by atoms with Crippen LogP contribution in [0.5, 0.6) is 0 Å². The molecule has 140 valence electrons. The monoisotopic (exact) mass is 365 g/mol. The number of nitrogens with two attached hydrogens (primary N) is 1. The number of hydrogen-bond donors (Lipinski definition) is 2. The first-order valence-electron chi connectivity index (χ1n) is 9.13. The van der Waals surface area contributed by atoms with Crippen LogP contribution in [0.1, 0.15) is 10.4 Å². The number of rotatable bonds is 5. The fourth-order valence-corrected chi connectivity index (χ4v) is 3.27. The van der Waals surface area contributed by atoms with Crippen molar-refractivity contribution >= 4 is 22.5 Å². The average molecular weight is 365 g/mol. The topological polar surface area (TPSA) is 85.4 Å². The molecule has 0 atom stereocenters. The van der Waals surface area contributed by atoms with Crippen LogP contribution in [0.15, 0.2) is 48.7 Å². The van der Waals surface area contributed by atoms with Crippen molar-refractivity contribution in [3.8, 4) is 5.69 Å². The fraction of sp³-hybridized carbons (Fsp3) is 0.300. The molecule has 0 unspecified atom stereocenters. The Hall–Kier alpha value is -2.90. The minimum Gasteiger partial charge on any atom is -0.399 e. The molecule has 2 heterocycles. The first-order chi connectivity index (χ1) is 13.2. The molecule has 0 saturated carbocycles. The lowest BCUT2D eigenvalue weighted by atomic mass is 10.2. The van der Waals surface area contributed by atoms with Gasteiger partial charge in [-0.15, -0.1) is 0 Å². The molecule has 1 aliphatic rings. The Morgan fingerprint density at radius 1 is 1.19 bits per heavy atom. The molecule has 2 aromatic carbocycles. The van der Waals surface area contributed by atoms with E-state index in [0.717, 1.165) is 49.4 Å². The number of ether oxygens (including phenoxy) is 1. The van der Waals surface area contributed by atoms with E-state index in [1.54, 1.807) is 10.9 Å². The number of carbonyl (C=O) groups excluding carboxylic acids is 1. The molecule has 0 spiro atoms. The summed E-state index contributed by atoms with van der Waals surface area (Å²) >= 11 is 0. The van der Waals surface area contributed by atoms with Crippen molar-refractivity contribution in [2.45, 2.75) is 0 Å². The summed E-state index contributed by atoms with van der Waals surface area (Å²) < 4.78 is 7.14. The molecule has 1 aliphatic heterocycles.